The number of nitrogen functional groups attached to an aromatic ring is 1. The maximum absolute atomic E-state index is 10.1. The molecule has 0 aliphatic rings. The van der Waals surface area contributed by atoms with Crippen LogP contribution in [0, 0.1) is 0 Å². The first-order valence-electron chi connectivity index (χ1n) is 5.85. The molecule has 1 unspecified atom stereocenters. The molecule has 8 nitrogen and oxygen atoms in total. The molecule has 8 heteroatoms. The summed E-state index contributed by atoms with van der Waals surface area (Å²) in [5.74, 6) is -1.64. The van der Waals surface area contributed by atoms with E-state index < -0.39 is 17.9 Å². The van der Waals surface area contributed by atoms with Crippen molar-refractivity contribution < 1.29 is 14.7 Å². The number of primary amides is 1. The predicted molar refractivity (Wildman–Crippen MR) is 74.5 cm³/mol. The molecule has 2 aromatic rings. The van der Waals surface area contributed by atoms with Crippen molar-refractivity contribution in [1.82, 2.24) is 9.97 Å². The summed E-state index contributed by atoms with van der Waals surface area (Å²) < 4.78 is 0. The van der Waals surface area contributed by atoms with E-state index in [0.717, 1.165) is 16.7 Å². The molecule has 0 aliphatic heterocycles. The number of nitrogens with one attached hydrogen (secondary N) is 1. The number of carboxylic acid groups (broad SMARTS) is 1. The Balaban J connectivity index is 0.000000200. The van der Waals surface area contributed by atoms with Crippen molar-refractivity contribution in [3.8, 4) is 0 Å². The zero-order chi connectivity index (χ0) is 15.1. The summed E-state index contributed by atoms with van der Waals surface area (Å²) >= 11 is 0. The minimum absolute atomic E-state index is 0.0213. The molecule has 0 spiro atoms. The second-order valence-corrected chi connectivity index (χ2v) is 4.13. The normalized spacial score (nSPS) is 11.4. The van der Waals surface area contributed by atoms with Crippen LogP contribution < -0.4 is 17.2 Å². The van der Waals surface area contributed by atoms with Crippen molar-refractivity contribution in [1.29, 1.82) is 0 Å². The highest BCUT2D eigenvalue weighted by molar-refractivity contribution is 5.78. The molecule has 1 atom stereocenters. The van der Waals surface area contributed by atoms with Crippen LogP contribution in [0.15, 0.2) is 24.5 Å². The Morgan fingerprint density at radius 3 is 2.70 bits per heavy atom. The number of fused-ring (bicyclic) bond motifs is 1. The van der Waals surface area contributed by atoms with Crippen molar-refractivity contribution in [3.05, 3.63) is 24.5 Å². The number of aromatic amines is 1. The Bertz CT molecular complexity index is 596. The summed E-state index contributed by atoms with van der Waals surface area (Å²) in [7, 11) is 0. The van der Waals surface area contributed by atoms with E-state index in [-0.39, 0.29) is 12.8 Å². The Kier molecular flexibility index (Phi) is 5.48. The number of rotatable bonds is 4. The van der Waals surface area contributed by atoms with Crippen LogP contribution >= 0.6 is 0 Å². The number of nitrogens with two attached hydrogens (primary N) is 3. The molecule has 0 fully saturated rings. The van der Waals surface area contributed by atoms with Gasteiger partial charge < -0.3 is 27.3 Å². The molecule has 1 amide bonds. The number of carbonyl (C=O) groups is 2. The third-order valence-corrected chi connectivity index (χ3v) is 2.46. The average Bonchev–Trinajstić information content (AvgIpc) is 2.83. The van der Waals surface area contributed by atoms with Gasteiger partial charge in [-0.1, -0.05) is 0 Å². The predicted octanol–water partition coefficient (Wildman–Crippen LogP) is -0.191. The van der Waals surface area contributed by atoms with Crippen LogP contribution in [0.3, 0.4) is 0 Å². The van der Waals surface area contributed by atoms with Crippen molar-refractivity contribution >= 4 is 28.6 Å². The maximum atomic E-state index is 10.1. The van der Waals surface area contributed by atoms with E-state index in [1.807, 2.05) is 18.2 Å². The summed E-state index contributed by atoms with van der Waals surface area (Å²) in [6.07, 6.45) is 1.78. The number of hydrogen-bond donors (Lipinski definition) is 5. The lowest BCUT2D eigenvalue weighted by molar-refractivity contribution is -0.138. The minimum atomic E-state index is -1.11. The van der Waals surface area contributed by atoms with E-state index in [1.54, 1.807) is 6.33 Å². The van der Waals surface area contributed by atoms with Gasteiger partial charge >= 0.3 is 5.97 Å². The van der Waals surface area contributed by atoms with Gasteiger partial charge in [0.15, 0.2) is 0 Å². The van der Waals surface area contributed by atoms with Crippen LogP contribution in [-0.2, 0) is 9.59 Å². The van der Waals surface area contributed by atoms with E-state index in [4.69, 9.17) is 22.3 Å². The largest absolute Gasteiger partial charge is 0.480 e. The lowest BCUT2D eigenvalue weighted by atomic mass is 10.2. The lowest BCUT2D eigenvalue weighted by Crippen LogP contribution is -2.31. The van der Waals surface area contributed by atoms with Gasteiger partial charge in [-0.25, -0.2) is 4.98 Å². The SMILES string of the molecule is NC(=O)CCC(N)C(=O)O.Nc1ccc2nc[nH]c2c1. The number of carbonyl (C=O) groups excluding carboxylic acids is 1. The van der Waals surface area contributed by atoms with Crippen molar-refractivity contribution in [2.24, 2.45) is 11.5 Å². The number of aromatic nitrogens is 2. The van der Waals surface area contributed by atoms with E-state index in [9.17, 15) is 9.59 Å². The third kappa shape index (κ3) is 4.94. The van der Waals surface area contributed by atoms with Crippen LogP contribution in [-0.4, -0.2) is 33.0 Å². The van der Waals surface area contributed by atoms with E-state index in [1.165, 1.54) is 0 Å². The number of H-pyrrole nitrogens is 1. The van der Waals surface area contributed by atoms with Crippen molar-refractivity contribution in [2.45, 2.75) is 18.9 Å². The van der Waals surface area contributed by atoms with Crippen LogP contribution in [0.2, 0.25) is 0 Å². The van der Waals surface area contributed by atoms with Crippen molar-refractivity contribution in [2.75, 3.05) is 5.73 Å². The number of nitrogens with zero attached hydrogens (tertiary/aromatic N) is 1. The third-order valence-electron chi connectivity index (χ3n) is 2.46. The molecule has 0 radical (unpaired) electrons. The lowest BCUT2D eigenvalue weighted by Gasteiger charge is -2.01. The monoisotopic (exact) mass is 279 g/mol. The average molecular weight is 279 g/mol. The summed E-state index contributed by atoms with van der Waals surface area (Å²) in [4.78, 5) is 27.2. The van der Waals surface area contributed by atoms with Gasteiger partial charge in [-0.15, -0.1) is 0 Å². The molecular formula is C12H17N5O3. The Hall–Kier alpha value is -2.61. The Labute approximate surface area is 115 Å². The standard InChI is InChI=1S/C7H7N3.C5H10N2O3/c8-5-1-2-6-7(3-5)10-4-9-6;6-3(5(9)10)1-2-4(7)8/h1-4H,8H2,(H,9,10);3H,1-2,6H2,(H2,7,8)(H,9,10). The molecule has 0 bridgehead atoms. The van der Waals surface area contributed by atoms with E-state index in [0.29, 0.717) is 0 Å². The number of aliphatic carboxylic acids is 1. The first-order valence-corrected chi connectivity index (χ1v) is 5.85. The van der Waals surface area contributed by atoms with Crippen LogP contribution in [0.1, 0.15) is 12.8 Å². The highest BCUT2D eigenvalue weighted by atomic mass is 16.4. The molecule has 1 aromatic carbocycles. The molecule has 1 aromatic heterocycles. The van der Waals surface area contributed by atoms with Gasteiger partial charge in [-0.2, -0.15) is 0 Å². The van der Waals surface area contributed by atoms with Gasteiger partial charge in [-0.3, -0.25) is 9.59 Å². The zero-order valence-corrected chi connectivity index (χ0v) is 10.7. The van der Waals surface area contributed by atoms with Gasteiger partial charge in [0.1, 0.15) is 6.04 Å². The van der Waals surface area contributed by atoms with Gasteiger partial charge in [0.25, 0.3) is 0 Å². The Morgan fingerprint density at radius 1 is 1.40 bits per heavy atom. The highest BCUT2D eigenvalue weighted by Crippen LogP contribution is 2.11. The van der Waals surface area contributed by atoms with Crippen molar-refractivity contribution in [3.63, 3.8) is 0 Å². The molecule has 108 valence electrons. The first-order chi connectivity index (χ1) is 9.40. The number of hydrogen-bond acceptors (Lipinski definition) is 5. The number of anilines is 1. The zero-order valence-electron chi connectivity index (χ0n) is 10.7. The molecule has 0 saturated heterocycles. The summed E-state index contributed by atoms with van der Waals surface area (Å²) in [6, 6.07) is 4.61. The molecule has 8 N–H and O–H groups in total. The number of imidazole rings is 1. The van der Waals surface area contributed by atoms with Crippen LogP contribution in [0.5, 0.6) is 0 Å². The number of amides is 1. The van der Waals surface area contributed by atoms with Gasteiger partial charge in [0.05, 0.1) is 17.4 Å². The van der Waals surface area contributed by atoms with Crippen LogP contribution in [0.4, 0.5) is 5.69 Å². The fraction of sp³-hybridized carbons (Fsp3) is 0.250. The first kappa shape index (κ1) is 15.4. The molecule has 0 saturated carbocycles. The summed E-state index contributed by atoms with van der Waals surface area (Å²) in [5.41, 5.74) is 18.0. The van der Waals surface area contributed by atoms with Gasteiger partial charge in [0.2, 0.25) is 5.91 Å². The van der Waals surface area contributed by atoms with Crippen LogP contribution in [0.25, 0.3) is 11.0 Å². The van der Waals surface area contributed by atoms with Gasteiger partial charge in [0, 0.05) is 12.1 Å². The Morgan fingerprint density at radius 2 is 2.10 bits per heavy atom. The molecular weight excluding hydrogens is 262 g/mol. The smallest absolute Gasteiger partial charge is 0.320 e. The summed E-state index contributed by atoms with van der Waals surface area (Å²) in [6.45, 7) is 0. The molecule has 0 aliphatic carbocycles. The minimum Gasteiger partial charge on any atom is -0.480 e. The fourth-order valence-corrected chi connectivity index (χ4v) is 1.37. The maximum Gasteiger partial charge on any atom is 0.320 e. The quantitative estimate of drug-likeness (QED) is 0.487. The molecule has 20 heavy (non-hydrogen) atoms. The fourth-order valence-electron chi connectivity index (χ4n) is 1.37. The van der Waals surface area contributed by atoms with E-state index in [2.05, 4.69) is 9.97 Å². The number of carboxylic acids is 1. The van der Waals surface area contributed by atoms with Gasteiger partial charge in [-0.05, 0) is 24.6 Å². The molecule has 2 rings (SSSR count). The highest BCUT2D eigenvalue weighted by Gasteiger charge is 2.11. The van der Waals surface area contributed by atoms with E-state index >= 15 is 0 Å². The molecule has 1 heterocycles. The topological polar surface area (TPSA) is 161 Å². The summed E-state index contributed by atoms with van der Waals surface area (Å²) in [5, 5.41) is 8.22. The second kappa shape index (κ2) is 7.10. The second-order valence-electron chi connectivity index (χ2n) is 4.13. The number of benzene rings is 1.